The standard InChI is InChI=1S/C16H13BrClFN6/c1-9-5-21-11(6-20-9)7-22-15-12(17)8-23-16(25-15)24-10-2-3-14(19)13(18)4-10/h2-6,8H,7H2,1H3,(H2,22,23,24,25). The Morgan fingerprint density at radius 3 is 2.72 bits per heavy atom. The molecule has 1 aromatic carbocycles. The molecule has 0 aliphatic rings. The van der Waals surface area contributed by atoms with Gasteiger partial charge < -0.3 is 10.6 Å². The van der Waals surface area contributed by atoms with E-state index in [1.165, 1.54) is 12.1 Å². The molecule has 3 rings (SSSR count). The predicted octanol–water partition coefficient (Wildman–Crippen LogP) is 4.49. The van der Waals surface area contributed by atoms with Gasteiger partial charge in [-0.2, -0.15) is 4.98 Å². The summed E-state index contributed by atoms with van der Waals surface area (Å²) >= 11 is 9.18. The minimum Gasteiger partial charge on any atom is -0.363 e. The van der Waals surface area contributed by atoms with Crippen LogP contribution < -0.4 is 10.6 Å². The second-order valence-electron chi connectivity index (χ2n) is 5.15. The number of nitrogens with one attached hydrogen (secondary N) is 2. The smallest absolute Gasteiger partial charge is 0.229 e. The first-order valence-corrected chi connectivity index (χ1v) is 8.44. The maximum absolute atomic E-state index is 13.2. The third-order valence-corrected chi connectivity index (χ3v) is 4.06. The van der Waals surface area contributed by atoms with Crippen LogP contribution in [0.2, 0.25) is 5.02 Å². The molecule has 0 atom stereocenters. The molecule has 25 heavy (non-hydrogen) atoms. The summed E-state index contributed by atoms with van der Waals surface area (Å²) in [5.41, 5.74) is 2.23. The lowest BCUT2D eigenvalue weighted by molar-refractivity contribution is 0.628. The van der Waals surface area contributed by atoms with Gasteiger partial charge in [-0.3, -0.25) is 9.97 Å². The highest BCUT2D eigenvalue weighted by Gasteiger charge is 2.07. The van der Waals surface area contributed by atoms with Gasteiger partial charge in [0.1, 0.15) is 11.6 Å². The Balaban J connectivity index is 1.73. The van der Waals surface area contributed by atoms with Gasteiger partial charge in [0.25, 0.3) is 0 Å². The number of aromatic nitrogens is 4. The molecule has 0 bridgehead atoms. The quantitative estimate of drug-likeness (QED) is 0.630. The van der Waals surface area contributed by atoms with E-state index in [0.717, 1.165) is 11.4 Å². The van der Waals surface area contributed by atoms with Crippen molar-refractivity contribution in [2.24, 2.45) is 0 Å². The topological polar surface area (TPSA) is 75.6 Å². The van der Waals surface area contributed by atoms with Crippen molar-refractivity contribution in [3.8, 4) is 0 Å². The largest absolute Gasteiger partial charge is 0.363 e. The third kappa shape index (κ3) is 4.61. The second-order valence-corrected chi connectivity index (χ2v) is 6.41. The normalized spacial score (nSPS) is 10.6. The number of hydrogen-bond acceptors (Lipinski definition) is 6. The van der Waals surface area contributed by atoms with Crippen LogP contribution in [0.5, 0.6) is 0 Å². The molecule has 0 saturated carbocycles. The molecular formula is C16H13BrClFN6. The van der Waals surface area contributed by atoms with E-state index in [-0.39, 0.29) is 5.02 Å². The van der Waals surface area contributed by atoms with E-state index in [1.54, 1.807) is 24.7 Å². The molecule has 0 unspecified atom stereocenters. The number of hydrogen-bond donors (Lipinski definition) is 2. The predicted molar refractivity (Wildman–Crippen MR) is 98.5 cm³/mol. The van der Waals surface area contributed by atoms with Gasteiger partial charge in [0.15, 0.2) is 0 Å². The summed E-state index contributed by atoms with van der Waals surface area (Å²) in [7, 11) is 0. The summed E-state index contributed by atoms with van der Waals surface area (Å²) in [6.45, 7) is 2.34. The lowest BCUT2D eigenvalue weighted by Gasteiger charge is -2.10. The van der Waals surface area contributed by atoms with Crippen molar-refractivity contribution in [3.05, 3.63) is 63.5 Å². The van der Waals surface area contributed by atoms with Crippen LogP contribution in [0.3, 0.4) is 0 Å². The molecule has 0 spiro atoms. The lowest BCUT2D eigenvalue weighted by atomic mass is 10.3. The fourth-order valence-electron chi connectivity index (χ4n) is 1.94. The van der Waals surface area contributed by atoms with Gasteiger partial charge in [-0.25, -0.2) is 9.37 Å². The van der Waals surface area contributed by atoms with Crippen molar-refractivity contribution in [1.82, 2.24) is 19.9 Å². The van der Waals surface area contributed by atoms with Crippen LogP contribution in [0.25, 0.3) is 0 Å². The number of rotatable bonds is 5. The molecule has 0 saturated heterocycles. The molecular weight excluding hydrogens is 411 g/mol. The number of anilines is 3. The van der Waals surface area contributed by atoms with Gasteiger partial charge in [0.2, 0.25) is 5.95 Å². The number of aryl methyl sites for hydroxylation is 1. The second kappa shape index (κ2) is 7.71. The summed E-state index contributed by atoms with van der Waals surface area (Å²) in [6.07, 6.45) is 5.03. The van der Waals surface area contributed by atoms with Gasteiger partial charge in [0, 0.05) is 18.1 Å². The summed E-state index contributed by atoms with van der Waals surface area (Å²) in [5.74, 6) is 0.460. The maximum Gasteiger partial charge on any atom is 0.229 e. The average molecular weight is 424 g/mol. The summed E-state index contributed by atoms with van der Waals surface area (Å²) in [6, 6.07) is 4.30. The Kier molecular flexibility index (Phi) is 5.40. The molecule has 2 heterocycles. The molecule has 0 fully saturated rings. The number of benzene rings is 1. The summed E-state index contributed by atoms with van der Waals surface area (Å²) in [5, 5.41) is 6.18. The Bertz CT molecular complexity index is 890. The Morgan fingerprint density at radius 2 is 2.00 bits per heavy atom. The molecule has 9 heteroatoms. The van der Waals surface area contributed by atoms with Crippen molar-refractivity contribution in [2.75, 3.05) is 10.6 Å². The molecule has 0 aliphatic heterocycles. The molecule has 2 aromatic heterocycles. The molecule has 128 valence electrons. The van der Waals surface area contributed by atoms with E-state index in [2.05, 4.69) is 46.5 Å². The van der Waals surface area contributed by atoms with Gasteiger partial charge in [-0.1, -0.05) is 11.6 Å². The zero-order valence-corrected chi connectivity index (χ0v) is 15.4. The first-order chi connectivity index (χ1) is 12.0. The van der Waals surface area contributed by atoms with Crippen molar-refractivity contribution in [2.45, 2.75) is 13.5 Å². The van der Waals surface area contributed by atoms with E-state index in [1.807, 2.05) is 6.92 Å². The van der Waals surface area contributed by atoms with E-state index in [9.17, 15) is 4.39 Å². The first kappa shape index (κ1) is 17.5. The van der Waals surface area contributed by atoms with Crippen LogP contribution in [-0.4, -0.2) is 19.9 Å². The Morgan fingerprint density at radius 1 is 1.16 bits per heavy atom. The number of halogens is 3. The number of nitrogens with zero attached hydrogens (tertiary/aromatic N) is 4. The lowest BCUT2D eigenvalue weighted by Crippen LogP contribution is -2.07. The van der Waals surface area contributed by atoms with Crippen LogP contribution in [0.1, 0.15) is 11.4 Å². The van der Waals surface area contributed by atoms with Gasteiger partial charge in [0.05, 0.1) is 33.6 Å². The van der Waals surface area contributed by atoms with Gasteiger partial charge in [-0.05, 0) is 41.1 Å². The van der Waals surface area contributed by atoms with Crippen LogP contribution in [0, 0.1) is 12.7 Å². The molecule has 3 aromatic rings. The molecule has 2 N–H and O–H groups in total. The van der Waals surface area contributed by atoms with E-state index >= 15 is 0 Å². The molecule has 0 amide bonds. The van der Waals surface area contributed by atoms with Crippen molar-refractivity contribution in [3.63, 3.8) is 0 Å². The first-order valence-electron chi connectivity index (χ1n) is 7.27. The summed E-state index contributed by atoms with van der Waals surface area (Å²) < 4.78 is 13.9. The minimum absolute atomic E-state index is 0.0263. The zero-order chi connectivity index (χ0) is 17.8. The van der Waals surface area contributed by atoms with Crippen molar-refractivity contribution < 1.29 is 4.39 Å². The van der Waals surface area contributed by atoms with Crippen LogP contribution >= 0.6 is 27.5 Å². The third-order valence-electron chi connectivity index (χ3n) is 3.19. The van der Waals surface area contributed by atoms with Crippen LogP contribution in [0.15, 0.2) is 41.3 Å². The Labute approximate surface area is 157 Å². The van der Waals surface area contributed by atoms with E-state index in [4.69, 9.17) is 11.6 Å². The van der Waals surface area contributed by atoms with Gasteiger partial charge >= 0.3 is 0 Å². The molecule has 0 radical (unpaired) electrons. The van der Waals surface area contributed by atoms with E-state index < -0.39 is 5.82 Å². The fourth-order valence-corrected chi connectivity index (χ4v) is 2.45. The van der Waals surface area contributed by atoms with Crippen LogP contribution in [-0.2, 0) is 6.54 Å². The molecule has 0 aliphatic carbocycles. The highest BCUT2D eigenvalue weighted by molar-refractivity contribution is 9.10. The van der Waals surface area contributed by atoms with Crippen molar-refractivity contribution in [1.29, 1.82) is 0 Å². The Hall–Kier alpha value is -2.32. The maximum atomic E-state index is 13.2. The fraction of sp³-hybridized carbons (Fsp3) is 0.125. The molecule has 6 nitrogen and oxygen atoms in total. The van der Waals surface area contributed by atoms with Crippen LogP contribution in [0.4, 0.5) is 21.8 Å². The highest BCUT2D eigenvalue weighted by Crippen LogP contribution is 2.24. The van der Waals surface area contributed by atoms with E-state index in [0.29, 0.717) is 28.5 Å². The highest BCUT2D eigenvalue weighted by atomic mass is 79.9. The van der Waals surface area contributed by atoms with Gasteiger partial charge in [-0.15, -0.1) is 0 Å². The zero-order valence-electron chi connectivity index (χ0n) is 13.1. The monoisotopic (exact) mass is 422 g/mol. The summed E-state index contributed by atoms with van der Waals surface area (Å²) in [4.78, 5) is 17.0. The SMILES string of the molecule is Cc1cnc(CNc2nc(Nc3ccc(F)c(Cl)c3)ncc2Br)cn1. The van der Waals surface area contributed by atoms with Crippen molar-refractivity contribution >= 4 is 45.0 Å². The minimum atomic E-state index is -0.481. The average Bonchev–Trinajstić information content (AvgIpc) is 2.60.